The Balaban J connectivity index is 1.77. The van der Waals surface area contributed by atoms with Crippen LogP contribution in [-0.4, -0.2) is 21.0 Å². The number of fused-ring (bicyclic) bond motifs is 2. The summed E-state index contributed by atoms with van der Waals surface area (Å²) in [5.74, 6) is -0.188. The van der Waals surface area contributed by atoms with Gasteiger partial charge in [0.1, 0.15) is 21.9 Å². The SMILES string of the molecule is Cc1c(C(=O)O)sc2ncnc(N[C@H]3CCCc4ccccc43)c12. The molecule has 1 aliphatic carbocycles. The van der Waals surface area contributed by atoms with Crippen molar-refractivity contribution in [3.05, 3.63) is 52.2 Å². The largest absolute Gasteiger partial charge is 0.477 e. The second kappa shape index (κ2) is 5.87. The van der Waals surface area contributed by atoms with Gasteiger partial charge in [0.15, 0.2) is 0 Å². The lowest BCUT2D eigenvalue weighted by Gasteiger charge is -2.27. The van der Waals surface area contributed by atoms with Gasteiger partial charge in [-0.15, -0.1) is 11.3 Å². The molecule has 0 saturated carbocycles. The smallest absolute Gasteiger partial charge is 0.346 e. The monoisotopic (exact) mass is 339 g/mol. The number of carboxylic acid groups (broad SMARTS) is 1. The predicted octanol–water partition coefficient (Wildman–Crippen LogP) is 4.19. The zero-order chi connectivity index (χ0) is 16.7. The zero-order valence-corrected chi connectivity index (χ0v) is 14.1. The molecule has 2 aromatic heterocycles. The number of nitrogens with zero attached hydrogens (tertiary/aromatic N) is 2. The van der Waals surface area contributed by atoms with Crippen LogP contribution in [0.4, 0.5) is 5.82 Å². The van der Waals surface area contributed by atoms with Crippen LogP contribution in [0, 0.1) is 6.92 Å². The molecule has 4 rings (SSSR count). The Morgan fingerprint density at radius 2 is 2.17 bits per heavy atom. The summed E-state index contributed by atoms with van der Waals surface area (Å²) < 4.78 is 0. The molecule has 1 atom stereocenters. The van der Waals surface area contributed by atoms with Crippen LogP contribution in [-0.2, 0) is 6.42 Å². The van der Waals surface area contributed by atoms with E-state index in [0.29, 0.717) is 9.71 Å². The first kappa shape index (κ1) is 15.1. The molecule has 0 amide bonds. The molecule has 6 heteroatoms. The van der Waals surface area contributed by atoms with Gasteiger partial charge >= 0.3 is 5.97 Å². The van der Waals surface area contributed by atoms with Gasteiger partial charge in [-0.25, -0.2) is 14.8 Å². The number of hydrogen-bond donors (Lipinski definition) is 2. The summed E-state index contributed by atoms with van der Waals surface area (Å²) in [6, 6.07) is 8.67. The quantitative estimate of drug-likeness (QED) is 0.748. The summed E-state index contributed by atoms with van der Waals surface area (Å²) in [6.07, 6.45) is 4.78. The van der Waals surface area contributed by atoms with Gasteiger partial charge in [-0.2, -0.15) is 0 Å². The van der Waals surface area contributed by atoms with Crippen molar-refractivity contribution in [1.29, 1.82) is 0 Å². The van der Waals surface area contributed by atoms with Gasteiger partial charge in [0.05, 0.1) is 11.4 Å². The second-order valence-electron chi connectivity index (χ2n) is 6.05. The average molecular weight is 339 g/mol. The lowest BCUT2D eigenvalue weighted by Crippen LogP contribution is -2.18. The van der Waals surface area contributed by atoms with Crippen LogP contribution in [0.3, 0.4) is 0 Å². The minimum Gasteiger partial charge on any atom is -0.477 e. The highest BCUT2D eigenvalue weighted by Crippen LogP contribution is 2.37. The number of hydrogen-bond acceptors (Lipinski definition) is 5. The van der Waals surface area contributed by atoms with Crippen LogP contribution in [0.1, 0.15) is 45.2 Å². The number of anilines is 1. The molecule has 1 aliphatic rings. The summed E-state index contributed by atoms with van der Waals surface area (Å²) in [6.45, 7) is 1.83. The number of nitrogens with one attached hydrogen (secondary N) is 1. The van der Waals surface area contributed by atoms with Gasteiger partial charge < -0.3 is 10.4 Å². The number of aryl methyl sites for hydroxylation is 2. The van der Waals surface area contributed by atoms with Gasteiger partial charge in [-0.3, -0.25) is 0 Å². The van der Waals surface area contributed by atoms with E-state index in [9.17, 15) is 9.90 Å². The van der Waals surface area contributed by atoms with E-state index in [1.165, 1.54) is 28.8 Å². The Labute approximate surface area is 143 Å². The van der Waals surface area contributed by atoms with Crippen molar-refractivity contribution in [2.75, 3.05) is 5.32 Å². The number of carbonyl (C=O) groups is 1. The van der Waals surface area contributed by atoms with Gasteiger partial charge in [0, 0.05) is 0 Å². The van der Waals surface area contributed by atoms with Crippen molar-refractivity contribution in [2.24, 2.45) is 0 Å². The molecule has 0 aliphatic heterocycles. The standard InChI is InChI=1S/C18H17N3O2S/c1-10-14-16(19-9-20-17(14)24-15(10)18(22)23)21-13-8-4-6-11-5-2-3-7-12(11)13/h2-3,5,7,9,13H,4,6,8H2,1H3,(H,22,23)(H,19,20,21)/t13-/m0/s1. The molecular weight excluding hydrogens is 322 g/mol. The summed E-state index contributed by atoms with van der Waals surface area (Å²) >= 11 is 1.20. The van der Waals surface area contributed by atoms with Crippen molar-refractivity contribution >= 4 is 33.3 Å². The van der Waals surface area contributed by atoms with E-state index < -0.39 is 5.97 Å². The maximum Gasteiger partial charge on any atom is 0.346 e. The molecule has 2 heterocycles. The molecule has 0 saturated heterocycles. The number of carboxylic acids is 1. The minimum atomic E-state index is -0.913. The molecule has 122 valence electrons. The van der Waals surface area contributed by atoms with Crippen molar-refractivity contribution < 1.29 is 9.90 Å². The van der Waals surface area contributed by atoms with Crippen molar-refractivity contribution in [3.63, 3.8) is 0 Å². The Bertz CT molecular complexity index is 935. The van der Waals surface area contributed by atoms with Crippen LogP contribution in [0.5, 0.6) is 0 Å². The first-order valence-electron chi connectivity index (χ1n) is 7.97. The van der Waals surface area contributed by atoms with E-state index in [1.54, 1.807) is 0 Å². The minimum absolute atomic E-state index is 0.195. The lowest BCUT2D eigenvalue weighted by atomic mass is 9.88. The molecule has 1 aromatic carbocycles. The highest BCUT2D eigenvalue weighted by molar-refractivity contribution is 7.20. The molecule has 0 spiro atoms. The second-order valence-corrected chi connectivity index (χ2v) is 7.05. The molecule has 0 unspecified atom stereocenters. The normalized spacial score (nSPS) is 16.8. The molecule has 2 N–H and O–H groups in total. The predicted molar refractivity (Wildman–Crippen MR) is 94.9 cm³/mol. The third-order valence-electron chi connectivity index (χ3n) is 4.60. The Morgan fingerprint density at radius 3 is 3.00 bits per heavy atom. The Kier molecular flexibility index (Phi) is 3.69. The first-order valence-corrected chi connectivity index (χ1v) is 8.78. The number of benzene rings is 1. The van der Waals surface area contributed by atoms with Crippen molar-refractivity contribution in [1.82, 2.24) is 9.97 Å². The Morgan fingerprint density at radius 1 is 1.33 bits per heavy atom. The fraction of sp³-hybridized carbons (Fsp3) is 0.278. The highest BCUT2D eigenvalue weighted by Gasteiger charge is 2.23. The van der Waals surface area contributed by atoms with Gasteiger partial charge in [-0.05, 0) is 42.9 Å². The van der Waals surface area contributed by atoms with Crippen LogP contribution < -0.4 is 5.32 Å². The number of aromatic nitrogens is 2. The van der Waals surface area contributed by atoms with Crippen molar-refractivity contribution in [3.8, 4) is 0 Å². The fourth-order valence-electron chi connectivity index (χ4n) is 3.45. The Hall–Kier alpha value is -2.47. The molecule has 5 nitrogen and oxygen atoms in total. The van der Waals surface area contributed by atoms with E-state index >= 15 is 0 Å². The van der Waals surface area contributed by atoms with Gasteiger partial charge in [0.25, 0.3) is 0 Å². The zero-order valence-electron chi connectivity index (χ0n) is 13.2. The van der Waals surface area contributed by atoms with Gasteiger partial charge in [0.2, 0.25) is 0 Å². The van der Waals surface area contributed by atoms with Crippen molar-refractivity contribution in [2.45, 2.75) is 32.2 Å². The summed E-state index contributed by atoms with van der Waals surface area (Å²) in [7, 11) is 0. The summed E-state index contributed by atoms with van der Waals surface area (Å²) in [4.78, 5) is 21.1. The number of thiophene rings is 1. The lowest BCUT2D eigenvalue weighted by molar-refractivity contribution is 0.0701. The van der Waals surface area contributed by atoms with Crippen LogP contribution in [0.2, 0.25) is 0 Å². The third-order valence-corrected chi connectivity index (χ3v) is 5.79. The molecular formula is C18H17N3O2S. The number of aromatic carboxylic acids is 1. The maximum absolute atomic E-state index is 11.4. The molecule has 24 heavy (non-hydrogen) atoms. The average Bonchev–Trinajstić information content (AvgIpc) is 2.93. The van der Waals surface area contributed by atoms with E-state index in [-0.39, 0.29) is 6.04 Å². The fourth-order valence-corrected chi connectivity index (χ4v) is 4.44. The summed E-state index contributed by atoms with van der Waals surface area (Å²) in [5.41, 5.74) is 3.41. The first-order chi connectivity index (χ1) is 11.6. The maximum atomic E-state index is 11.4. The number of rotatable bonds is 3. The molecule has 0 fully saturated rings. The van der Waals surface area contributed by atoms with Crippen LogP contribution >= 0.6 is 11.3 Å². The molecule has 0 radical (unpaired) electrons. The molecule has 0 bridgehead atoms. The summed E-state index contributed by atoms with van der Waals surface area (Å²) in [5, 5.41) is 13.7. The van der Waals surface area contributed by atoms with E-state index in [0.717, 1.165) is 36.0 Å². The van der Waals surface area contributed by atoms with E-state index in [1.807, 2.05) is 6.92 Å². The van der Waals surface area contributed by atoms with Gasteiger partial charge in [-0.1, -0.05) is 24.3 Å². The van der Waals surface area contributed by atoms with Crippen LogP contribution in [0.25, 0.3) is 10.2 Å². The van der Waals surface area contributed by atoms with E-state index in [2.05, 4.69) is 39.6 Å². The highest BCUT2D eigenvalue weighted by atomic mass is 32.1. The van der Waals surface area contributed by atoms with Crippen LogP contribution in [0.15, 0.2) is 30.6 Å². The van der Waals surface area contributed by atoms with E-state index in [4.69, 9.17) is 0 Å². The molecule has 3 aromatic rings. The topological polar surface area (TPSA) is 75.1 Å². The third kappa shape index (κ3) is 2.43.